The van der Waals surface area contributed by atoms with Crippen LogP contribution in [0.2, 0.25) is 0 Å². The predicted molar refractivity (Wildman–Crippen MR) is 137 cm³/mol. The molecule has 0 saturated carbocycles. The van der Waals surface area contributed by atoms with Gasteiger partial charge >= 0.3 is 0 Å². The van der Waals surface area contributed by atoms with E-state index in [-0.39, 0.29) is 5.91 Å². The van der Waals surface area contributed by atoms with Gasteiger partial charge in [0.15, 0.2) is 16.6 Å². The first-order valence-electron chi connectivity index (χ1n) is 11.2. The highest BCUT2D eigenvalue weighted by molar-refractivity contribution is 7.83. The van der Waals surface area contributed by atoms with E-state index in [2.05, 4.69) is 33.8 Å². The van der Waals surface area contributed by atoms with Gasteiger partial charge < -0.3 is 4.74 Å². The number of aromatic nitrogens is 3. The first kappa shape index (κ1) is 27.0. The summed E-state index contributed by atoms with van der Waals surface area (Å²) < 4.78 is 18.1. The van der Waals surface area contributed by atoms with Crippen LogP contribution in [-0.4, -0.2) is 49.7 Å². The zero-order valence-electron chi connectivity index (χ0n) is 20.9. The molecule has 0 aromatic carbocycles. The largest absolute Gasteiger partial charge is 0.481 e. The molecule has 0 bridgehead atoms. The van der Waals surface area contributed by atoms with Gasteiger partial charge in [-0.05, 0) is 49.4 Å². The van der Waals surface area contributed by atoms with Crippen LogP contribution < -0.4 is 4.74 Å². The van der Waals surface area contributed by atoms with Crippen LogP contribution in [0.5, 0.6) is 5.88 Å². The van der Waals surface area contributed by atoms with Gasteiger partial charge in [0.1, 0.15) is 0 Å². The quantitative estimate of drug-likeness (QED) is 0.438. The summed E-state index contributed by atoms with van der Waals surface area (Å²) in [6, 6.07) is 7.45. The zero-order valence-corrected chi connectivity index (χ0v) is 21.7. The Kier molecular flexibility index (Phi) is 10.2. The van der Waals surface area contributed by atoms with Gasteiger partial charge in [-0.15, -0.1) is 0 Å². The number of carbonyl (C=O) groups excluding carboxylic acids is 1. The molecule has 3 rings (SSSR count). The van der Waals surface area contributed by atoms with Crippen molar-refractivity contribution in [3.8, 4) is 5.88 Å². The van der Waals surface area contributed by atoms with Gasteiger partial charge in [0.2, 0.25) is 11.8 Å². The summed E-state index contributed by atoms with van der Waals surface area (Å²) in [6.45, 7) is 9.67. The van der Waals surface area contributed by atoms with Crippen molar-refractivity contribution in [3.05, 3.63) is 47.9 Å². The lowest BCUT2D eigenvalue weighted by atomic mass is 9.95. The van der Waals surface area contributed by atoms with Crippen LogP contribution in [-0.2, 0) is 22.2 Å². The van der Waals surface area contributed by atoms with E-state index in [1.54, 1.807) is 31.8 Å². The van der Waals surface area contributed by atoms with Crippen LogP contribution in [0.1, 0.15) is 58.2 Å². The molecule has 3 heterocycles. The van der Waals surface area contributed by atoms with Crippen LogP contribution in [0.15, 0.2) is 46.5 Å². The molecule has 0 radical (unpaired) electrons. The minimum atomic E-state index is -1.45. The van der Waals surface area contributed by atoms with Gasteiger partial charge in [0.05, 0.1) is 23.9 Å². The molecule has 3 aromatic heterocycles. The average Bonchev–Trinajstić information content (AvgIpc) is 2.87. The Morgan fingerprint density at radius 3 is 2.47 bits per heavy atom. The number of amides is 1. The van der Waals surface area contributed by atoms with Crippen molar-refractivity contribution in [1.29, 1.82) is 0 Å². The summed E-state index contributed by atoms with van der Waals surface area (Å²) in [7, 11) is 1.67. The predicted octanol–water partition coefficient (Wildman–Crippen LogP) is 5.02. The van der Waals surface area contributed by atoms with Crippen molar-refractivity contribution in [1.82, 2.24) is 19.3 Å². The van der Waals surface area contributed by atoms with Crippen molar-refractivity contribution in [3.63, 3.8) is 0 Å². The minimum absolute atomic E-state index is 0.229. The highest BCUT2D eigenvalue weighted by Crippen LogP contribution is 2.34. The van der Waals surface area contributed by atoms with Crippen molar-refractivity contribution in [2.24, 2.45) is 4.99 Å². The number of rotatable bonds is 7. The van der Waals surface area contributed by atoms with Gasteiger partial charge in [0.25, 0.3) is 0 Å². The number of aliphatic imine (C=N–C) groups is 1. The molecular weight excluding hydrogens is 450 g/mol. The lowest BCUT2D eigenvalue weighted by Gasteiger charge is -2.15. The van der Waals surface area contributed by atoms with Crippen LogP contribution in [0.25, 0.3) is 11.0 Å². The lowest BCUT2D eigenvalue weighted by molar-refractivity contribution is -0.123. The molecule has 2 atom stereocenters. The average molecular weight is 484 g/mol. The van der Waals surface area contributed by atoms with E-state index in [4.69, 9.17) is 4.74 Å². The van der Waals surface area contributed by atoms with E-state index in [9.17, 15) is 9.00 Å². The van der Waals surface area contributed by atoms with Crippen molar-refractivity contribution >= 4 is 39.8 Å². The Hall–Kier alpha value is -3.20. The summed E-state index contributed by atoms with van der Waals surface area (Å²) in [5.41, 5.74) is 3.79. The van der Waals surface area contributed by atoms with E-state index < -0.39 is 11.0 Å². The number of ether oxygens (including phenoxy) is 1. The molecule has 182 valence electrons. The number of hydrogen-bond donors (Lipinski definition) is 0. The molecule has 0 spiro atoms. The molecule has 9 heteroatoms. The van der Waals surface area contributed by atoms with E-state index in [1.165, 1.54) is 23.8 Å². The summed E-state index contributed by atoms with van der Waals surface area (Å²) in [4.78, 5) is 28.9. The van der Waals surface area contributed by atoms with E-state index in [0.29, 0.717) is 22.3 Å². The molecule has 0 saturated heterocycles. The molecular formula is C25H33N5O3S. The molecule has 34 heavy (non-hydrogen) atoms. The van der Waals surface area contributed by atoms with Gasteiger partial charge in [0, 0.05) is 43.5 Å². The van der Waals surface area contributed by atoms with Crippen molar-refractivity contribution in [2.75, 3.05) is 14.2 Å². The molecule has 8 nitrogen and oxygen atoms in total. The third-order valence-electron chi connectivity index (χ3n) is 5.36. The maximum atomic E-state index is 11.8. The summed E-state index contributed by atoms with van der Waals surface area (Å²) >= 11 is 0. The van der Waals surface area contributed by atoms with Crippen LogP contribution in [0, 0.1) is 0 Å². The number of aryl methyl sites for hydroxylation is 1. The van der Waals surface area contributed by atoms with Crippen molar-refractivity contribution in [2.45, 2.75) is 58.3 Å². The maximum Gasteiger partial charge on any atom is 0.231 e. The zero-order chi connectivity index (χ0) is 25.3. The molecule has 0 fully saturated rings. The second kappa shape index (κ2) is 12.9. The van der Waals surface area contributed by atoms with Crippen LogP contribution >= 0.6 is 0 Å². The number of hydrogen-bond acceptors (Lipinski definition) is 7. The van der Waals surface area contributed by atoms with E-state index in [0.717, 1.165) is 29.6 Å². The summed E-state index contributed by atoms with van der Waals surface area (Å²) in [5.74, 6) is 0.772. The summed E-state index contributed by atoms with van der Waals surface area (Å²) in [5, 5.41) is 1.05. The highest BCUT2D eigenvalue weighted by atomic mass is 32.2. The first-order chi connectivity index (χ1) is 16.3. The third-order valence-corrected chi connectivity index (χ3v) is 6.76. The Balaban J connectivity index is 0.000000248. The monoisotopic (exact) mass is 483 g/mol. The minimum Gasteiger partial charge on any atom is -0.481 e. The molecule has 0 aliphatic heterocycles. The molecule has 3 aromatic rings. The van der Waals surface area contributed by atoms with Gasteiger partial charge in [-0.25, -0.2) is 9.19 Å². The number of pyridine rings is 3. The highest BCUT2D eigenvalue weighted by Gasteiger charge is 2.15. The number of nitrogens with zero attached hydrogens (tertiary/aromatic N) is 5. The first-order valence-corrected chi connectivity index (χ1v) is 12.3. The second-order valence-electron chi connectivity index (χ2n) is 7.58. The fourth-order valence-corrected chi connectivity index (χ4v) is 4.02. The molecule has 0 aliphatic rings. The number of carbonyl (C=O) groups is 1. The Morgan fingerprint density at radius 2 is 1.94 bits per heavy atom. The summed E-state index contributed by atoms with van der Waals surface area (Å²) in [6.07, 6.45) is 7.03. The maximum absolute atomic E-state index is 11.8. The van der Waals surface area contributed by atoms with E-state index >= 15 is 0 Å². The van der Waals surface area contributed by atoms with E-state index in [1.807, 2.05) is 32.0 Å². The second-order valence-corrected chi connectivity index (χ2v) is 9.10. The Morgan fingerprint density at radius 1 is 1.21 bits per heavy atom. The lowest BCUT2D eigenvalue weighted by Crippen LogP contribution is -2.26. The van der Waals surface area contributed by atoms with Gasteiger partial charge in [-0.2, -0.15) is 4.98 Å². The standard InChI is InChI=1S/C15H19N3O.C10H14N2O2S/c1-5-10(3)14-11-7-8-13(19-4)18-15(11)17-9-12(14)16-6-2;1-4-9-5-6-10(7-11-9)15(14)12(3)8(2)13/h6-10H,5H2,1-4H3;5-7H,4H2,1-3H3. The Labute approximate surface area is 204 Å². The van der Waals surface area contributed by atoms with Crippen LogP contribution in [0.3, 0.4) is 0 Å². The van der Waals surface area contributed by atoms with Gasteiger partial charge in [-0.3, -0.25) is 19.1 Å². The smallest absolute Gasteiger partial charge is 0.231 e. The topological polar surface area (TPSA) is 97.6 Å². The normalized spacial score (nSPS) is 12.7. The molecule has 1 amide bonds. The third kappa shape index (κ3) is 6.66. The Bertz CT molecular complexity index is 1170. The number of fused-ring (bicyclic) bond motifs is 1. The molecule has 0 aliphatic carbocycles. The molecule has 0 N–H and O–H groups in total. The van der Waals surface area contributed by atoms with Crippen molar-refractivity contribution < 1.29 is 13.7 Å². The number of methoxy groups -OCH3 is 1. The fraction of sp³-hybridized carbons (Fsp3) is 0.400. The van der Waals surface area contributed by atoms with Gasteiger partial charge in [-0.1, -0.05) is 20.8 Å². The fourth-order valence-electron chi connectivity index (χ4n) is 3.15. The van der Waals surface area contributed by atoms with Crippen LogP contribution in [0.4, 0.5) is 5.69 Å². The molecule has 2 unspecified atom stereocenters. The SMILES string of the molecule is CC=Nc1cnc2nc(OC)ccc2c1C(C)CC.CCc1ccc(S(=O)N(C)C(C)=O)cn1.